The van der Waals surface area contributed by atoms with Crippen molar-refractivity contribution in [3.63, 3.8) is 0 Å². The van der Waals surface area contributed by atoms with Crippen molar-refractivity contribution < 1.29 is 19.1 Å². The van der Waals surface area contributed by atoms with Gasteiger partial charge in [-0.25, -0.2) is 9.59 Å². The summed E-state index contributed by atoms with van der Waals surface area (Å²) in [7, 11) is 0. The van der Waals surface area contributed by atoms with E-state index in [1.807, 2.05) is 19.9 Å². The summed E-state index contributed by atoms with van der Waals surface area (Å²) in [6.45, 7) is 8.06. The molecule has 7 heteroatoms. The maximum Gasteiger partial charge on any atom is 0.338 e. The summed E-state index contributed by atoms with van der Waals surface area (Å²) in [4.78, 5) is 38.6. The minimum atomic E-state index is -0.637. The van der Waals surface area contributed by atoms with Crippen LogP contribution >= 0.6 is 0 Å². The van der Waals surface area contributed by atoms with Gasteiger partial charge in [-0.1, -0.05) is 25.5 Å². The van der Waals surface area contributed by atoms with Gasteiger partial charge in [-0.2, -0.15) is 0 Å². The number of hydrogen-bond donors (Lipinski definition) is 2. The molecule has 0 spiro atoms. The van der Waals surface area contributed by atoms with E-state index in [0.29, 0.717) is 35.5 Å². The molecule has 3 amide bonds. The molecule has 7 nitrogen and oxygen atoms in total. The first kappa shape index (κ1) is 21.5. The molecular weight excluding hydrogens is 358 g/mol. The lowest BCUT2D eigenvalue weighted by Gasteiger charge is -2.34. The number of rotatable bonds is 8. The Morgan fingerprint density at radius 2 is 2.00 bits per heavy atom. The summed E-state index contributed by atoms with van der Waals surface area (Å²) in [5.41, 5.74) is 2.32. The third-order valence-corrected chi connectivity index (χ3v) is 4.67. The molecule has 0 radical (unpaired) electrons. The second-order valence-corrected chi connectivity index (χ2v) is 6.62. The van der Waals surface area contributed by atoms with Gasteiger partial charge in [0.05, 0.1) is 18.2 Å². The van der Waals surface area contributed by atoms with E-state index in [4.69, 9.17) is 4.74 Å². The maximum atomic E-state index is 12.6. The van der Waals surface area contributed by atoms with Gasteiger partial charge in [0, 0.05) is 24.4 Å². The number of amides is 3. The van der Waals surface area contributed by atoms with Crippen molar-refractivity contribution in [1.82, 2.24) is 10.2 Å². The lowest BCUT2D eigenvalue weighted by atomic mass is 9.94. The van der Waals surface area contributed by atoms with Gasteiger partial charge >= 0.3 is 12.0 Å². The van der Waals surface area contributed by atoms with Gasteiger partial charge in [0.15, 0.2) is 0 Å². The Kier molecular flexibility index (Phi) is 7.61. The van der Waals surface area contributed by atoms with Crippen molar-refractivity contribution in [2.45, 2.75) is 53.0 Å². The highest BCUT2D eigenvalue weighted by Gasteiger charge is 2.35. The summed E-state index contributed by atoms with van der Waals surface area (Å²) in [5, 5.41) is 5.76. The third-order valence-electron chi connectivity index (χ3n) is 4.67. The highest BCUT2D eigenvalue weighted by atomic mass is 16.5. The number of urea groups is 1. The molecule has 2 N–H and O–H groups in total. The number of anilines is 1. The summed E-state index contributed by atoms with van der Waals surface area (Å²) in [6.07, 6.45) is 2.23. The van der Waals surface area contributed by atoms with E-state index < -0.39 is 12.0 Å². The predicted molar refractivity (Wildman–Crippen MR) is 108 cm³/mol. The number of esters is 1. The molecule has 28 heavy (non-hydrogen) atoms. The van der Waals surface area contributed by atoms with Gasteiger partial charge < -0.3 is 15.4 Å². The largest absolute Gasteiger partial charge is 0.463 e. The minimum Gasteiger partial charge on any atom is -0.463 e. The van der Waals surface area contributed by atoms with E-state index >= 15 is 0 Å². The quantitative estimate of drug-likeness (QED) is 0.665. The molecule has 1 aliphatic heterocycles. The van der Waals surface area contributed by atoms with Gasteiger partial charge in [-0.15, -0.1) is 0 Å². The van der Waals surface area contributed by atoms with Crippen LogP contribution in [-0.4, -0.2) is 36.0 Å². The fraction of sp³-hybridized carbons (Fsp3) is 0.476. The van der Waals surface area contributed by atoms with Crippen LogP contribution in [0.25, 0.3) is 0 Å². The first-order chi connectivity index (χ1) is 13.4. The number of hydrogen-bond acceptors (Lipinski definition) is 4. The van der Waals surface area contributed by atoms with Crippen molar-refractivity contribution >= 4 is 23.6 Å². The molecule has 0 aliphatic carbocycles. The number of benzene rings is 1. The number of unbranched alkanes of at least 4 members (excludes halogenated alkanes) is 1. The Balaban J connectivity index is 2.37. The van der Waals surface area contributed by atoms with Crippen LogP contribution in [0.1, 0.15) is 58.6 Å². The van der Waals surface area contributed by atoms with Crippen LogP contribution in [0.4, 0.5) is 10.5 Å². The molecule has 2 rings (SSSR count). The number of carbonyl (C=O) groups excluding carboxylic acids is 3. The number of ether oxygens (including phenoxy) is 1. The molecule has 0 saturated carbocycles. The summed E-state index contributed by atoms with van der Waals surface area (Å²) < 4.78 is 5.23. The van der Waals surface area contributed by atoms with Crippen LogP contribution in [0.15, 0.2) is 35.5 Å². The second kappa shape index (κ2) is 9.92. The van der Waals surface area contributed by atoms with Crippen LogP contribution in [0.3, 0.4) is 0 Å². The Morgan fingerprint density at radius 1 is 1.25 bits per heavy atom. The minimum absolute atomic E-state index is 0.0545. The molecular formula is C21H29N3O4. The molecule has 1 atom stereocenters. The predicted octanol–water partition coefficient (Wildman–Crippen LogP) is 3.74. The highest BCUT2D eigenvalue weighted by molar-refractivity contribution is 5.95. The molecule has 1 aliphatic rings. The van der Waals surface area contributed by atoms with Gasteiger partial charge in [0.25, 0.3) is 0 Å². The Hall–Kier alpha value is -2.83. The van der Waals surface area contributed by atoms with Gasteiger partial charge in [-0.3, -0.25) is 9.69 Å². The monoisotopic (exact) mass is 387 g/mol. The van der Waals surface area contributed by atoms with Crippen LogP contribution in [0.2, 0.25) is 0 Å². The normalized spacial score (nSPS) is 16.6. The Bertz CT molecular complexity index is 773. The summed E-state index contributed by atoms with van der Waals surface area (Å²) in [5.74, 6) is -0.512. The molecule has 1 aromatic rings. The van der Waals surface area contributed by atoms with Crippen LogP contribution in [0, 0.1) is 0 Å². The van der Waals surface area contributed by atoms with Crippen molar-refractivity contribution in [3.8, 4) is 0 Å². The lowest BCUT2D eigenvalue weighted by molar-refractivity contribution is -0.139. The fourth-order valence-corrected chi connectivity index (χ4v) is 3.24. The fourth-order valence-electron chi connectivity index (χ4n) is 3.24. The second-order valence-electron chi connectivity index (χ2n) is 6.62. The van der Waals surface area contributed by atoms with Crippen molar-refractivity contribution in [2.75, 3.05) is 18.5 Å². The van der Waals surface area contributed by atoms with Gasteiger partial charge in [-0.05, 0) is 44.9 Å². The zero-order chi connectivity index (χ0) is 20.7. The molecule has 0 aromatic heterocycles. The number of allylic oxidation sites excluding steroid dienone is 1. The van der Waals surface area contributed by atoms with E-state index in [9.17, 15) is 14.4 Å². The first-order valence-electron chi connectivity index (χ1n) is 9.78. The van der Waals surface area contributed by atoms with Crippen LogP contribution in [-0.2, 0) is 14.3 Å². The lowest BCUT2D eigenvalue weighted by Crippen LogP contribution is -2.47. The molecule has 0 saturated heterocycles. The molecule has 0 unspecified atom stereocenters. The molecule has 1 heterocycles. The summed E-state index contributed by atoms with van der Waals surface area (Å²) >= 11 is 0. The standard InChI is InChI=1S/C21H29N3O4/c1-5-8-12-17(25)22-16-11-9-10-15(13-16)19-18(20(26)28-7-3)14(4)24(6-2)21(27)23-19/h9-11,13,19H,5-8,12H2,1-4H3,(H,22,25)(H,23,27)/t19-/m0/s1. The van der Waals surface area contributed by atoms with E-state index in [-0.39, 0.29) is 18.5 Å². The zero-order valence-electron chi connectivity index (χ0n) is 17.0. The van der Waals surface area contributed by atoms with Crippen molar-refractivity contribution in [1.29, 1.82) is 0 Å². The van der Waals surface area contributed by atoms with Crippen molar-refractivity contribution in [2.24, 2.45) is 0 Å². The molecule has 0 bridgehead atoms. The third kappa shape index (κ3) is 4.91. The van der Waals surface area contributed by atoms with Crippen LogP contribution < -0.4 is 10.6 Å². The SMILES string of the molecule is CCCCC(=O)Nc1cccc([C@@H]2NC(=O)N(CC)C(C)=C2C(=O)OCC)c1. The number of carbonyl (C=O) groups is 3. The average molecular weight is 387 g/mol. The Morgan fingerprint density at radius 3 is 2.64 bits per heavy atom. The van der Waals surface area contributed by atoms with Gasteiger partial charge in [0.1, 0.15) is 0 Å². The van der Waals surface area contributed by atoms with E-state index in [1.165, 1.54) is 4.90 Å². The molecule has 1 aromatic carbocycles. The van der Waals surface area contributed by atoms with Gasteiger partial charge in [0.2, 0.25) is 5.91 Å². The zero-order valence-corrected chi connectivity index (χ0v) is 17.0. The average Bonchev–Trinajstić information content (AvgIpc) is 2.66. The number of nitrogens with zero attached hydrogens (tertiary/aromatic N) is 1. The number of nitrogens with one attached hydrogen (secondary N) is 2. The van der Waals surface area contributed by atoms with Crippen molar-refractivity contribution in [3.05, 3.63) is 41.1 Å². The maximum absolute atomic E-state index is 12.6. The molecule has 0 fully saturated rings. The smallest absolute Gasteiger partial charge is 0.338 e. The topological polar surface area (TPSA) is 87.7 Å². The first-order valence-corrected chi connectivity index (χ1v) is 9.78. The van der Waals surface area contributed by atoms with E-state index in [0.717, 1.165) is 12.8 Å². The molecule has 152 valence electrons. The van der Waals surface area contributed by atoms with Crippen LogP contribution in [0.5, 0.6) is 0 Å². The Labute approximate surface area is 166 Å². The van der Waals surface area contributed by atoms with E-state index in [1.54, 1.807) is 32.0 Å². The van der Waals surface area contributed by atoms with E-state index in [2.05, 4.69) is 10.6 Å². The summed E-state index contributed by atoms with van der Waals surface area (Å²) in [6, 6.07) is 6.28. The highest BCUT2D eigenvalue weighted by Crippen LogP contribution is 2.32.